The van der Waals surface area contributed by atoms with Crippen molar-refractivity contribution < 1.29 is 0 Å². The lowest BCUT2D eigenvalue weighted by molar-refractivity contribution is 0.523. The van der Waals surface area contributed by atoms with Crippen molar-refractivity contribution in [3.63, 3.8) is 0 Å². The van der Waals surface area contributed by atoms with Crippen LogP contribution in [0.5, 0.6) is 0 Å². The predicted octanol–water partition coefficient (Wildman–Crippen LogP) is 16.5. The fourth-order valence-electron chi connectivity index (χ4n) is 9.26. The summed E-state index contributed by atoms with van der Waals surface area (Å²) in [6, 6.07) is 83.7. The highest BCUT2D eigenvalue weighted by molar-refractivity contribution is 6.01. The fourth-order valence-corrected chi connectivity index (χ4v) is 9.26. The maximum absolute atomic E-state index is 2.56. The Kier molecular flexibility index (Phi) is 11.1. The van der Waals surface area contributed by atoms with Crippen LogP contribution in [0.4, 0.5) is 28.4 Å². The van der Waals surface area contributed by atoms with Crippen molar-refractivity contribution in [3.8, 4) is 0 Å². The minimum absolute atomic E-state index is 0.181. The van der Waals surface area contributed by atoms with E-state index in [1.807, 2.05) is 0 Å². The highest BCUT2D eigenvalue weighted by atomic mass is 15.2. The van der Waals surface area contributed by atoms with Crippen LogP contribution in [0.3, 0.4) is 0 Å². The molecular formula is C60H48N2. The highest BCUT2D eigenvalue weighted by Gasteiger charge is 2.33. The molecule has 0 bridgehead atoms. The number of hydrogen-bond donors (Lipinski definition) is 0. The van der Waals surface area contributed by atoms with Crippen LogP contribution in [0.15, 0.2) is 231 Å². The summed E-state index contributed by atoms with van der Waals surface area (Å²) in [6.07, 6.45) is 10.8. The van der Waals surface area contributed by atoms with Gasteiger partial charge < -0.3 is 9.80 Å². The molecule has 0 amide bonds. The molecule has 2 nitrogen and oxygen atoms in total. The van der Waals surface area contributed by atoms with Gasteiger partial charge in [0.2, 0.25) is 0 Å². The Balaban J connectivity index is 1.00. The standard InChI is InChI=1S/C60H48N2/c1-5-17-45(18-6-1)29-31-47-33-37-51(38-34-47)61(49-21-9-3-10-22-49)59-43-41-55(53-25-13-15-27-57(53)59)56-42-44-60(58-28-16-14-26-54(56)58)62(50-23-11-4-12-24-50)52-39-35-48(36-40-52)32-30-46-19-7-2-8-20-46/h1-41,43,56,60H,42,44H2/b31-29-,32-30-. The molecule has 9 aromatic carbocycles. The summed E-state index contributed by atoms with van der Waals surface area (Å²) in [5, 5.41) is 2.54. The van der Waals surface area contributed by atoms with Crippen molar-refractivity contribution in [1.29, 1.82) is 0 Å². The van der Waals surface area contributed by atoms with Gasteiger partial charge in [-0.15, -0.1) is 0 Å². The smallest absolute Gasteiger partial charge is 0.0594 e. The van der Waals surface area contributed by atoms with E-state index in [0.717, 1.165) is 24.2 Å². The second-order valence-electron chi connectivity index (χ2n) is 16.0. The molecule has 0 heterocycles. The lowest BCUT2D eigenvalue weighted by atomic mass is 9.75. The average molecular weight is 797 g/mol. The van der Waals surface area contributed by atoms with E-state index in [4.69, 9.17) is 0 Å². The second-order valence-corrected chi connectivity index (χ2v) is 16.0. The molecule has 0 aromatic heterocycles. The van der Waals surface area contributed by atoms with Crippen LogP contribution in [0, 0.1) is 0 Å². The zero-order chi connectivity index (χ0) is 41.5. The zero-order valence-corrected chi connectivity index (χ0v) is 34.7. The van der Waals surface area contributed by atoms with Gasteiger partial charge in [0.25, 0.3) is 0 Å². The fraction of sp³-hybridized carbons (Fsp3) is 0.0667. The van der Waals surface area contributed by atoms with Crippen molar-refractivity contribution in [2.75, 3.05) is 9.80 Å². The highest BCUT2D eigenvalue weighted by Crippen LogP contribution is 2.50. The third-order valence-electron chi connectivity index (χ3n) is 12.2. The van der Waals surface area contributed by atoms with Crippen molar-refractivity contribution in [2.24, 2.45) is 0 Å². The van der Waals surface area contributed by atoms with Crippen molar-refractivity contribution in [3.05, 3.63) is 269 Å². The number of fused-ring (bicyclic) bond motifs is 2. The summed E-state index contributed by atoms with van der Waals surface area (Å²) in [7, 11) is 0. The molecule has 2 unspecified atom stereocenters. The first-order valence-electron chi connectivity index (χ1n) is 21.7. The molecule has 9 aromatic rings. The van der Waals surface area contributed by atoms with Crippen LogP contribution >= 0.6 is 0 Å². The Morgan fingerprint density at radius 1 is 0.306 bits per heavy atom. The van der Waals surface area contributed by atoms with Gasteiger partial charge in [0, 0.05) is 34.1 Å². The lowest BCUT2D eigenvalue weighted by Gasteiger charge is -2.40. The van der Waals surface area contributed by atoms with E-state index >= 15 is 0 Å². The molecule has 1 aliphatic rings. The average Bonchev–Trinajstić information content (AvgIpc) is 3.35. The Bertz CT molecular complexity index is 2940. The first-order chi connectivity index (χ1) is 30.8. The van der Waals surface area contributed by atoms with E-state index in [-0.39, 0.29) is 12.0 Å². The van der Waals surface area contributed by atoms with E-state index in [2.05, 4.69) is 265 Å². The van der Waals surface area contributed by atoms with Crippen LogP contribution in [0.2, 0.25) is 0 Å². The van der Waals surface area contributed by atoms with Gasteiger partial charge in [-0.05, 0) is 112 Å². The van der Waals surface area contributed by atoms with Crippen molar-refractivity contribution in [2.45, 2.75) is 24.8 Å². The summed E-state index contributed by atoms with van der Waals surface area (Å²) in [5.74, 6) is 0.255. The molecule has 0 radical (unpaired) electrons. The van der Waals surface area contributed by atoms with Gasteiger partial charge in [-0.2, -0.15) is 0 Å². The summed E-state index contributed by atoms with van der Waals surface area (Å²) in [4.78, 5) is 4.96. The van der Waals surface area contributed by atoms with Gasteiger partial charge in [-0.25, -0.2) is 0 Å². The number of anilines is 5. The van der Waals surface area contributed by atoms with Crippen LogP contribution in [-0.2, 0) is 0 Å². The third-order valence-corrected chi connectivity index (χ3v) is 12.2. The van der Waals surface area contributed by atoms with E-state index in [0.29, 0.717) is 0 Å². The summed E-state index contributed by atoms with van der Waals surface area (Å²) >= 11 is 0. The number of nitrogens with zero attached hydrogens (tertiary/aromatic N) is 2. The van der Waals surface area contributed by atoms with Gasteiger partial charge in [0.05, 0.1) is 11.7 Å². The molecule has 0 spiro atoms. The molecule has 0 saturated heterocycles. The SMILES string of the molecule is C(=C/c1ccc(N(c2ccccc2)c2ccc(C3CCC(N(c4ccccc4)c4ccc(/C=C\c5ccccc5)cc4)c4ccccc43)c3ccccc23)cc1)/c1ccccc1. The number of hydrogen-bond acceptors (Lipinski definition) is 2. The molecule has 298 valence electrons. The lowest BCUT2D eigenvalue weighted by Crippen LogP contribution is -2.29. The monoisotopic (exact) mass is 796 g/mol. The molecule has 1 aliphatic carbocycles. The van der Waals surface area contributed by atoms with Gasteiger partial charge in [-0.1, -0.05) is 200 Å². The predicted molar refractivity (Wildman–Crippen MR) is 265 cm³/mol. The molecule has 0 N–H and O–H groups in total. The molecule has 62 heavy (non-hydrogen) atoms. The van der Waals surface area contributed by atoms with Gasteiger partial charge in [-0.3, -0.25) is 0 Å². The van der Waals surface area contributed by atoms with E-state index in [1.165, 1.54) is 66.8 Å². The maximum atomic E-state index is 2.56. The normalized spacial score (nSPS) is 14.8. The Morgan fingerprint density at radius 2 is 0.726 bits per heavy atom. The van der Waals surface area contributed by atoms with E-state index in [1.54, 1.807) is 0 Å². The number of para-hydroxylation sites is 2. The minimum atomic E-state index is 0.181. The quantitative estimate of drug-likeness (QED) is 0.120. The summed E-state index contributed by atoms with van der Waals surface area (Å²) < 4.78 is 0. The van der Waals surface area contributed by atoms with Crippen LogP contribution in [0.25, 0.3) is 35.1 Å². The molecule has 2 atom stereocenters. The first kappa shape index (κ1) is 38.5. The van der Waals surface area contributed by atoms with Crippen LogP contribution in [0.1, 0.15) is 63.7 Å². The minimum Gasteiger partial charge on any atom is -0.334 e. The molecule has 0 saturated carbocycles. The Hall–Kier alpha value is -7.68. The Labute approximate surface area is 366 Å². The zero-order valence-electron chi connectivity index (χ0n) is 34.7. The van der Waals surface area contributed by atoms with Crippen LogP contribution < -0.4 is 9.80 Å². The second kappa shape index (κ2) is 17.9. The summed E-state index contributed by atoms with van der Waals surface area (Å²) in [5.41, 5.74) is 14.7. The maximum Gasteiger partial charge on any atom is 0.0594 e. The van der Waals surface area contributed by atoms with Gasteiger partial charge in [0.15, 0.2) is 0 Å². The van der Waals surface area contributed by atoms with E-state index < -0.39 is 0 Å². The third kappa shape index (κ3) is 8.11. The molecular weight excluding hydrogens is 749 g/mol. The number of rotatable bonds is 11. The molecule has 10 rings (SSSR count). The largest absolute Gasteiger partial charge is 0.334 e. The van der Waals surface area contributed by atoms with Gasteiger partial charge in [0.1, 0.15) is 0 Å². The topological polar surface area (TPSA) is 6.48 Å². The molecule has 0 fully saturated rings. The van der Waals surface area contributed by atoms with Crippen LogP contribution in [-0.4, -0.2) is 0 Å². The Morgan fingerprint density at radius 3 is 1.31 bits per heavy atom. The van der Waals surface area contributed by atoms with Crippen molar-refractivity contribution in [1.82, 2.24) is 0 Å². The number of benzene rings is 9. The summed E-state index contributed by atoms with van der Waals surface area (Å²) in [6.45, 7) is 0. The molecule has 2 heteroatoms. The van der Waals surface area contributed by atoms with Crippen molar-refractivity contribution >= 4 is 63.5 Å². The van der Waals surface area contributed by atoms with E-state index in [9.17, 15) is 0 Å². The van der Waals surface area contributed by atoms with Gasteiger partial charge >= 0.3 is 0 Å². The first-order valence-corrected chi connectivity index (χ1v) is 21.7. The molecule has 0 aliphatic heterocycles.